The van der Waals surface area contributed by atoms with E-state index in [9.17, 15) is 13.2 Å². The molecule has 1 aliphatic carbocycles. The molecule has 0 saturated heterocycles. The lowest BCUT2D eigenvalue weighted by Crippen LogP contribution is -2.33. The second kappa shape index (κ2) is 6.54. The Morgan fingerprint density at radius 1 is 1.52 bits per heavy atom. The van der Waals surface area contributed by atoms with E-state index in [-0.39, 0.29) is 12.6 Å². The Morgan fingerprint density at radius 3 is 2.95 bits per heavy atom. The number of aliphatic carboxylic acids is 1. The molecule has 21 heavy (non-hydrogen) atoms. The topological polar surface area (TPSA) is 122 Å². The van der Waals surface area contributed by atoms with E-state index >= 15 is 0 Å². The van der Waals surface area contributed by atoms with Gasteiger partial charge in [0.1, 0.15) is 0 Å². The van der Waals surface area contributed by atoms with Crippen LogP contribution in [-0.2, 0) is 27.8 Å². The fraction of sp³-hybridized carbons (Fsp3) is 0.667. The number of rotatable bonds is 7. The Morgan fingerprint density at radius 2 is 2.29 bits per heavy atom. The van der Waals surface area contributed by atoms with Crippen molar-refractivity contribution in [2.24, 2.45) is 0 Å². The average molecular weight is 317 g/mol. The molecule has 0 fully saturated rings. The minimum Gasteiger partial charge on any atom is -0.481 e. The SMILES string of the molecule is O=C(O)CCS(=O)(=O)NC1CCCc2c1cnn2CCO. The van der Waals surface area contributed by atoms with Gasteiger partial charge in [-0.2, -0.15) is 5.10 Å². The van der Waals surface area contributed by atoms with Crippen molar-refractivity contribution in [1.29, 1.82) is 0 Å². The summed E-state index contributed by atoms with van der Waals surface area (Å²) in [5.41, 5.74) is 1.75. The number of sulfonamides is 1. The lowest BCUT2D eigenvalue weighted by Gasteiger charge is -2.24. The van der Waals surface area contributed by atoms with Gasteiger partial charge < -0.3 is 10.2 Å². The number of carboxylic acids is 1. The smallest absolute Gasteiger partial charge is 0.304 e. The van der Waals surface area contributed by atoms with Crippen LogP contribution in [-0.4, -0.2) is 46.7 Å². The van der Waals surface area contributed by atoms with Crippen LogP contribution in [0.1, 0.15) is 36.6 Å². The Labute approximate surface area is 122 Å². The maximum Gasteiger partial charge on any atom is 0.304 e. The minimum absolute atomic E-state index is 0.0247. The van der Waals surface area contributed by atoms with Crippen molar-refractivity contribution in [3.8, 4) is 0 Å². The van der Waals surface area contributed by atoms with Gasteiger partial charge in [-0.25, -0.2) is 13.1 Å². The molecule has 0 spiro atoms. The molecule has 1 heterocycles. The minimum atomic E-state index is -3.64. The molecule has 0 aliphatic heterocycles. The van der Waals surface area contributed by atoms with E-state index in [1.807, 2.05) is 0 Å². The zero-order valence-corrected chi connectivity index (χ0v) is 12.3. The fourth-order valence-corrected chi connectivity index (χ4v) is 3.77. The van der Waals surface area contributed by atoms with Crippen molar-refractivity contribution in [2.45, 2.75) is 38.3 Å². The van der Waals surface area contributed by atoms with Gasteiger partial charge in [0, 0.05) is 11.3 Å². The molecule has 1 aromatic rings. The highest BCUT2D eigenvalue weighted by atomic mass is 32.2. The van der Waals surface area contributed by atoms with Crippen LogP contribution < -0.4 is 4.72 Å². The molecule has 0 bridgehead atoms. The number of nitrogens with one attached hydrogen (secondary N) is 1. The summed E-state index contributed by atoms with van der Waals surface area (Å²) in [7, 11) is -3.64. The summed E-state index contributed by atoms with van der Waals surface area (Å²) in [6.07, 6.45) is 3.47. The Bertz CT molecular complexity index is 610. The van der Waals surface area contributed by atoms with Crippen molar-refractivity contribution in [2.75, 3.05) is 12.4 Å². The quantitative estimate of drug-likeness (QED) is 0.632. The molecule has 2 rings (SSSR count). The number of carboxylic acid groups (broad SMARTS) is 1. The highest BCUT2D eigenvalue weighted by Crippen LogP contribution is 2.30. The Balaban J connectivity index is 2.11. The fourth-order valence-electron chi connectivity index (χ4n) is 2.53. The number of carbonyl (C=O) groups is 1. The van der Waals surface area contributed by atoms with E-state index in [1.165, 1.54) is 0 Å². The van der Waals surface area contributed by atoms with Gasteiger partial charge in [-0.1, -0.05) is 0 Å². The lowest BCUT2D eigenvalue weighted by molar-refractivity contribution is -0.136. The number of hydrogen-bond acceptors (Lipinski definition) is 5. The molecule has 1 aliphatic rings. The second-order valence-electron chi connectivity index (χ2n) is 5.02. The van der Waals surface area contributed by atoms with Gasteiger partial charge in [0.2, 0.25) is 10.0 Å². The second-order valence-corrected chi connectivity index (χ2v) is 6.89. The van der Waals surface area contributed by atoms with Crippen LogP contribution >= 0.6 is 0 Å². The summed E-state index contributed by atoms with van der Waals surface area (Å²) in [4.78, 5) is 10.5. The molecule has 0 amide bonds. The predicted molar refractivity (Wildman–Crippen MR) is 74.2 cm³/mol. The van der Waals surface area contributed by atoms with Gasteiger partial charge in [0.05, 0.1) is 37.6 Å². The number of aromatic nitrogens is 2. The number of aliphatic hydroxyl groups excluding tert-OH is 1. The highest BCUT2D eigenvalue weighted by molar-refractivity contribution is 7.89. The molecule has 1 aromatic heterocycles. The number of nitrogens with zero attached hydrogens (tertiary/aromatic N) is 2. The van der Waals surface area contributed by atoms with Crippen LogP contribution in [0.15, 0.2) is 6.20 Å². The van der Waals surface area contributed by atoms with Crippen molar-refractivity contribution in [3.63, 3.8) is 0 Å². The third-order valence-electron chi connectivity index (χ3n) is 3.48. The van der Waals surface area contributed by atoms with Crippen molar-refractivity contribution < 1.29 is 23.4 Å². The molecule has 1 atom stereocenters. The maximum atomic E-state index is 11.9. The first-order valence-corrected chi connectivity index (χ1v) is 8.45. The van der Waals surface area contributed by atoms with Crippen molar-refractivity contribution in [3.05, 3.63) is 17.5 Å². The van der Waals surface area contributed by atoms with E-state index < -0.39 is 28.2 Å². The predicted octanol–water partition coefficient (Wildman–Crippen LogP) is -0.353. The summed E-state index contributed by atoms with van der Waals surface area (Å²) in [5, 5.41) is 21.7. The molecule has 0 radical (unpaired) electrons. The molecule has 1 unspecified atom stereocenters. The normalized spacial score (nSPS) is 18.4. The number of hydrogen-bond donors (Lipinski definition) is 3. The summed E-state index contributed by atoms with van der Waals surface area (Å²) in [6.45, 7) is 0.358. The molecule has 9 heteroatoms. The number of fused-ring (bicyclic) bond motifs is 1. The summed E-state index contributed by atoms with van der Waals surface area (Å²) < 4.78 is 28.1. The Kier molecular flexibility index (Phi) is 4.96. The molecular weight excluding hydrogens is 298 g/mol. The van der Waals surface area contributed by atoms with Crippen LogP contribution in [0.3, 0.4) is 0 Å². The average Bonchev–Trinajstić information content (AvgIpc) is 2.82. The van der Waals surface area contributed by atoms with Gasteiger partial charge in [-0.3, -0.25) is 9.48 Å². The first-order chi connectivity index (χ1) is 9.93. The zero-order valence-electron chi connectivity index (χ0n) is 11.5. The summed E-state index contributed by atoms with van der Waals surface area (Å²) in [5.74, 6) is -1.57. The largest absolute Gasteiger partial charge is 0.481 e. The van der Waals surface area contributed by atoms with Gasteiger partial charge >= 0.3 is 5.97 Å². The monoisotopic (exact) mass is 317 g/mol. The van der Waals surface area contributed by atoms with Crippen LogP contribution in [0.2, 0.25) is 0 Å². The molecule has 0 aromatic carbocycles. The molecular formula is C12H19N3O5S. The standard InChI is InChI=1S/C12H19N3O5S/c16-6-5-15-11-3-1-2-10(9(11)8-13-15)14-21(19,20)7-4-12(17)18/h8,10,14,16H,1-7H2,(H,17,18). The molecule has 0 saturated carbocycles. The maximum absolute atomic E-state index is 11.9. The summed E-state index contributed by atoms with van der Waals surface area (Å²) >= 11 is 0. The molecule has 8 nitrogen and oxygen atoms in total. The van der Waals surface area contributed by atoms with E-state index in [0.29, 0.717) is 13.0 Å². The third kappa shape index (κ3) is 4.02. The van der Waals surface area contributed by atoms with E-state index in [4.69, 9.17) is 10.2 Å². The molecule has 3 N–H and O–H groups in total. The first-order valence-electron chi connectivity index (χ1n) is 6.80. The van der Waals surface area contributed by atoms with Gasteiger partial charge in [-0.05, 0) is 19.3 Å². The van der Waals surface area contributed by atoms with Gasteiger partial charge in [-0.15, -0.1) is 0 Å². The van der Waals surface area contributed by atoms with Gasteiger partial charge in [0.15, 0.2) is 0 Å². The lowest BCUT2D eigenvalue weighted by atomic mass is 9.94. The Hall–Kier alpha value is -1.45. The van der Waals surface area contributed by atoms with Crippen molar-refractivity contribution >= 4 is 16.0 Å². The van der Waals surface area contributed by atoms with E-state index in [1.54, 1.807) is 10.9 Å². The van der Waals surface area contributed by atoms with Crippen molar-refractivity contribution in [1.82, 2.24) is 14.5 Å². The zero-order chi connectivity index (χ0) is 15.5. The first kappa shape index (κ1) is 15.9. The van der Waals surface area contributed by atoms with E-state index in [2.05, 4.69) is 9.82 Å². The summed E-state index contributed by atoms with van der Waals surface area (Å²) in [6, 6.07) is -0.375. The number of aliphatic hydroxyl groups is 1. The van der Waals surface area contributed by atoms with E-state index in [0.717, 1.165) is 24.1 Å². The van der Waals surface area contributed by atoms with Crippen LogP contribution in [0.4, 0.5) is 0 Å². The van der Waals surface area contributed by atoms with Crippen LogP contribution in [0, 0.1) is 0 Å². The highest BCUT2D eigenvalue weighted by Gasteiger charge is 2.27. The van der Waals surface area contributed by atoms with Gasteiger partial charge in [0.25, 0.3) is 0 Å². The van der Waals surface area contributed by atoms with Crippen LogP contribution in [0.25, 0.3) is 0 Å². The third-order valence-corrected chi connectivity index (χ3v) is 4.87. The molecule has 118 valence electrons. The van der Waals surface area contributed by atoms with Crippen LogP contribution in [0.5, 0.6) is 0 Å².